The third-order valence-corrected chi connectivity index (χ3v) is 2.99. The molecule has 0 heterocycles. The minimum absolute atomic E-state index is 0.0289. The van der Waals surface area contributed by atoms with E-state index in [0.29, 0.717) is 6.42 Å². The second-order valence-corrected chi connectivity index (χ2v) is 5.08. The third kappa shape index (κ3) is 6.94. The third-order valence-electron chi connectivity index (χ3n) is 2.99. The molecular formula is C15H25N3O. The molecule has 0 saturated carbocycles. The van der Waals surface area contributed by atoms with Crippen molar-refractivity contribution in [3.8, 4) is 0 Å². The molecule has 1 aromatic rings. The van der Waals surface area contributed by atoms with Crippen LogP contribution in [-0.4, -0.2) is 38.0 Å². The van der Waals surface area contributed by atoms with Crippen LogP contribution in [0.15, 0.2) is 30.3 Å². The first kappa shape index (κ1) is 15.7. The molecule has 0 aliphatic carbocycles. The molecule has 19 heavy (non-hydrogen) atoms. The zero-order valence-corrected chi connectivity index (χ0v) is 11.9. The highest BCUT2D eigenvalue weighted by Gasteiger charge is 2.10. The molecule has 0 spiro atoms. The van der Waals surface area contributed by atoms with Crippen LogP contribution < -0.4 is 11.1 Å². The van der Waals surface area contributed by atoms with Crippen LogP contribution in [0.1, 0.15) is 30.9 Å². The molecule has 1 atom stereocenters. The molecule has 0 aliphatic heterocycles. The first-order valence-electron chi connectivity index (χ1n) is 6.81. The van der Waals surface area contributed by atoms with Crippen LogP contribution in [0.3, 0.4) is 0 Å². The monoisotopic (exact) mass is 263 g/mol. The standard InChI is InChI=1S/C15H25N3O/c1-18(2)11-7-6-10-17-15(19)12-14(16)13-8-4-3-5-9-13/h3-5,8-9,14H,6-7,10-12,16H2,1-2H3,(H,17,19). The number of hydrogen-bond acceptors (Lipinski definition) is 3. The maximum absolute atomic E-state index is 11.7. The summed E-state index contributed by atoms with van der Waals surface area (Å²) < 4.78 is 0. The van der Waals surface area contributed by atoms with E-state index in [9.17, 15) is 4.79 Å². The molecule has 1 aromatic carbocycles. The largest absolute Gasteiger partial charge is 0.356 e. The van der Waals surface area contributed by atoms with Gasteiger partial charge < -0.3 is 16.0 Å². The molecular weight excluding hydrogens is 238 g/mol. The Bertz CT molecular complexity index is 365. The highest BCUT2D eigenvalue weighted by atomic mass is 16.1. The fraction of sp³-hybridized carbons (Fsp3) is 0.533. The van der Waals surface area contributed by atoms with E-state index in [-0.39, 0.29) is 11.9 Å². The van der Waals surface area contributed by atoms with E-state index >= 15 is 0 Å². The summed E-state index contributed by atoms with van der Waals surface area (Å²) in [6, 6.07) is 9.51. The van der Waals surface area contributed by atoms with Crippen molar-refractivity contribution in [2.45, 2.75) is 25.3 Å². The van der Waals surface area contributed by atoms with Gasteiger partial charge in [-0.1, -0.05) is 30.3 Å². The first-order chi connectivity index (χ1) is 9.09. The van der Waals surface area contributed by atoms with Crippen molar-refractivity contribution < 1.29 is 4.79 Å². The predicted molar refractivity (Wildman–Crippen MR) is 78.8 cm³/mol. The Morgan fingerprint density at radius 3 is 2.58 bits per heavy atom. The SMILES string of the molecule is CN(C)CCCCNC(=O)CC(N)c1ccccc1. The number of nitrogens with zero attached hydrogens (tertiary/aromatic N) is 1. The van der Waals surface area contributed by atoms with Crippen molar-refractivity contribution >= 4 is 5.91 Å². The van der Waals surface area contributed by atoms with Gasteiger partial charge in [0.05, 0.1) is 0 Å². The number of nitrogens with one attached hydrogen (secondary N) is 1. The van der Waals surface area contributed by atoms with E-state index in [1.807, 2.05) is 30.3 Å². The molecule has 0 saturated heterocycles. The van der Waals surface area contributed by atoms with Crippen LogP contribution in [0, 0.1) is 0 Å². The maximum atomic E-state index is 11.7. The van der Waals surface area contributed by atoms with Gasteiger partial charge in [-0.25, -0.2) is 0 Å². The molecule has 1 amide bonds. The van der Waals surface area contributed by atoms with E-state index < -0.39 is 0 Å². The van der Waals surface area contributed by atoms with Crippen LogP contribution in [0.25, 0.3) is 0 Å². The lowest BCUT2D eigenvalue weighted by Gasteiger charge is -2.12. The number of rotatable bonds is 8. The molecule has 4 nitrogen and oxygen atoms in total. The number of nitrogens with two attached hydrogens (primary N) is 1. The first-order valence-corrected chi connectivity index (χ1v) is 6.81. The summed E-state index contributed by atoms with van der Waals surface area (Å²) in [6.07, 6.45) is 2.44. The van der Waals surface area contributed by atoms with Gasteiger partial charge in [-0.15, -0.1) is 0 Å². The Balaban J connectivity index is 2.17. The van der Waals surface area contributed by atoms with Gasteiger partial charge in [0.25, 0.3) is 0 Å². The van der Waals surface area contributed by atoms with Gasteiger partial charge in [-0.05, 0) is 39.0 Å². The van der Waals surface area contributed by atoms with Crippen LogP contribution >= 0.6 is 0 Å². The van der Waals surface area contributed by atoms with E-state index in [4.69, 9.17) is 5.73 Å². The number of unbranched alkanes of at least 4 members (excludes halogenated alkanes) is 1. The van der Waals surface area contributed by atoms with Crippen molar-refractivity contribution in [2.75, 3.05) is 27.2 Å². The van der Waals surface area contributed by atoms with Gasteiger partial charge in [0.1, 0.15) is 0 Å². The Hall–Kier alpha value is -1.39. The zero-order chi connectivity index (χ0) is 14.1. The highest BCUT2D eigenvalue weighted by Crippen LogP contribution is 2.12. The van der Waals surface area contributed by atoms with Gasteiger partial charge >= 0.3 is 0 Å². The summed E-state index contributed by atoms with van der Waals surface area (Å²) in [5, 5.41) is 2.92. The van der Waals surface area contributed by atoms with E-state index in [1.165, 1.54) is 0 Å². The molecule has 0 radical (unpaired) electrons. The molecule has 4 heteroatoms. The van der Waals surface area contributed by atoms with Crippen molar-refractivity contribution in [1.29, 1.82) is 0 Å². The van der Waals surface area contributed by atoms with Crippen molar-refractivity contribution in [3.05, 3.63) is 35.9 Å². The number of amides is 1. The quantitative estimate of drug-likeness (QED) is 0.699. The highest BCUT2D eigenvalue weighted by molar-refractivity contribution is 5.76. The molecule has 0 aliphatic rings. The lowest BCUT2D eigenvalue weighted by Crippen LogP contribution is -2.28. The van der Waals surface area contributed by atoms with Crippen LogP contribution in [0.2, 0.25) is 0 Å². The summed E-state index contributed by atoms with van der Waals surface area (Å²) in [6.45, 7) is 1.79. The molecule has 0 fully saturated rings. The number of hydrogen-bond donors (Lipinski definition) is 2. The van der Waals surface area contributed by atoms with E-state index in [0.717, 1.165) is 31.5 Å². The van der Waals surface area contributed by atoms with Gasteiger partial charge in [-0.2, -0.15) is 0 Å². The Kier molecular flexibility index (Phi) is 7.15. The summed E-state index contributed by atoms with van der Waals surface area (Å²) in [4.78, 5) is 13.9. The summed E-state index contributed by atoms with van der Waals surface area (Å²) in [5.74, 6) is 0.0289. The van der Waals surface area contributed by atoms with Crippen molar-refractivity contribution in [1.82, 2.24) is 10.2 Å². The van der Waals surface area contributed by atoms with Crippen molar-refractivity contribution in [2.24, 2.45) is 5.73 Å². The summed E-state index contributed by atoms with van der Waals surface area (Å²) in [5.41, 5.74) is 7.00. The van der Waals surface area contributed by atoms with E-state index in [2.05, 4.69) is 24.3 Å². The Morgan fingerprint density at radius 1 is 1.26 bits per heavy atom. The minimum Gasteiger partial charge on any atom is -0.356 e. The molecule has 1 rings (SSSR count). The minimum atomic E-state index is -0.219. The molecule has 3 N–H and O–H groups in total. The Morgan fingerprint density at radius 2 is 1.95 bits per heavy atom. The van der Waals surface area contributed by atoms with E-state index in [1.54, 1.807) is 0 Å². The molecule has 0 aromatic heterocycles. The smallest absolute Gasteiger partial charge is 0.221 e. The van der Waals surface area contributed by atoms with Crippen LogP contribution in [-0.2, 0) is 4.79 Å². The van der Waals surface area contributed by atoms with Gasteiger partial charge in [0.15, 0.2) is 0 Å². The second kappa shape index (κ2) is 8.67. The Labute approximate surface area is 116 Å². The average Bonchev–Trinajstić information content (AvgIpc) is 2.39. The lowest BCUT2D eigenvalue weighted by atomic mass is 10.0. The number of carbonyl (C=O) groups excluding carboxylic acids is 1. The van der Waals surface area contributed by atoms with Gasteiger partial charge in [0, 0.05) is 19.0 Å². The topological polar surface area (TPSA) is 58.4 Å². The van der Waals surface area contributed by atoms with Crippen LogP contribution in [0.4, 0.5) is 0 Å². The zero-order valence-electron chi connectivity index (χ0n) is 11.9. The second-order valence-electron chi connectivity index (χ2n) is 5.08. The fourth-order valence-corrected chi connectivity index (χ4v) is 1.87. The average molecular weight is 263 g/mol. The van der Waals surface area contributed by atoms with Crippen molar-refractivity contribution in [3.63, 3.8) is 0 Å². The molecule has 0 bridgehead atoms. The molecule has 1 unspecified atom stereocenters. The summed E-state index contributed by atoms with van der Waals surface area (Å²) in [7, 11) is 4.11. The lowest BCUT2D eigenvalue weighted by molar-refractivity contribution is -0.121. The number of benzene rings is 1. The fourth-order valence-electron chi connectivity index (χ4n) is 1.87. The maximum Gasteiger partial charge on any atom is 0.221 e. The normalized spacial score (nSPS) is 12.4. The van der Waals surface area contributed by atoms with Gasteiger partial charge in [-0.3, -0.25) is 4.79 Å². The van der Waals surface area contributed by atoms with Crippen LogP contribution in [0.5, 0.6) is 0 Å². The summed E-state index contributed by atoms with van der Waals surface area (Å²) >= 11 is 0. The molecule has 106 valence electrons. The number of carbonyl (C=O) groups is 1. The van der Waals surface area contributed by atoms with Gasteiger partial charge in [0.2, 0.25) is 5.91 Å². The predicted octanol–water partition coefficient (Wildman–Crippen LogP) is 1.53.